The zero-order valence-corrected chi connectivity index (χ0v) is 15.2. The molecular formula is C21H22N2O3. The van der Waals surface area contributed by atoms with Gasteiger partial charge in [-0.1, -0.05) is 24.3 Å². The third kappa shape index (κ3) is 2.84. The number of fused-ring (bicyclic) bond motifs is 2. The number of H-pyrrole nitrogens is 1. The average molecular weight is 350 g/mol. The molecule has 0 bridgehead atoms. The van der Waals surface area contributed by atoms with Gasteiger partial charge in [-0.25, -0.2) is 0 Å². The Hall–Kier alpha value is -2.79. The predicted octanol–water partition coefficient (Wildman–Crippen LogP) is 3.91. The lowest BCUT2D eigenvalue weighted by Crippen LogP contribution is -2.35. The first-order valence-electron chi connectivity index (χ1n) is 8.75. The molecule has 0 fully saturated rings. The minimum absolute atomic E-state index is 0.128. The van der Waals surface area contributed by atoms with Crippen molar-refractivity contribution < 1.29 is 14.3 Å². The van der Waals surface area contributed by atoms with Crippen molar-refractivity contribution in [3.63, 3.8) is 0 Å². The van der Waals surface area contributed by atoms with Crippen LogP contribution in [0.15, 0.2) is 42.5 Å². The highest BCUT2D eigenvalue weighted by Crippen LogP contribution is 2.33. The molecule has 1 aromatic heterocycles. The normalized spacial score (nSPS) is 14.2. The zero-order chi connectivity index (χ0) is 18.3. The summed E-state index contributed by atoms with van der Waals surface area (Å²) in [5, 5.41) is 0.985. The largest absolute Gasteiger partial charge is 0.454 e. The highest BCUT2D eigenvalue weighted by Gasteiger charge is 2.25. The molecule has 2 aromatic carbocycles. The molecular weight excluding hydrogens is 328 g/mol. The quantitative estimate of drug-likeness (QED) is 0.709. The average Bonchev–Trinajstić information content (AvgIpc) is 3.23. The summed E-state index contributed by atoms with van der Waals surface area (Å²) in [6.45, 7) is 4.84. The van der Waals surface area contributed by atoms with E-state index in [0.29, 0.717) is 6.54 Å². The number of nitrogens with one attached hydrogen (secondary N) is 1. The Labute approximate surface area is 152 Å². The minimum Gasteiger partial charge on any atom is -0.454 e. The van der Waals surface area contributed by atoms with Crippen molar-refractivity contribution in [2.24, 2.45) is 0 Å². The highest BCUT2D eigenvalue weighted by atomic mass is 16.7. The van der Waals surface area contributed by atoms with Crippen LogP contribution in [0.3, 0.4) is 0 Å². The highest BCUT2D eigenvalue weighted by molar-refractivity contribution is 6.11. The molecule has 5 nitrogen and oxygen atoms in total. The third-order valence-electron chi connectivity index (χ3n) is 5.05. The molecule has 4 rings (SSSR count). The van der Waals surface area contributed by atoms with Crippen molar-refractivity contribution in [3.8, 4) is 11.5 Å². The van der Waals surface area contributed by atoms with Gasteiger partial charge in [0.05, 0.1) is 6.04 Å². The van der Waals surface area contributed by atoms with Gasteiger partial charge in [0.2, 0.25) is 6.79 Å². The topological polar surface area (TPSA) is 54.6 Å². The number of aromatic amines is 1. The Bertz CT molecular complexity index is 977. The Morgan fingerprint density at radius 3 is 2.81 bits per heavy atom. The molecule has 3 aromatic rings. The maximum absolute atomic E-state index is 13.2. The Morgan fingerprint density at radius 2 is 1.96 bits per heavy atom. The lowest BCUT2D eigenvalue weighted by atomic mass is 10.0. The molecule has 134 valence electrons. The molecule has 26 heavy (non-hydrogen) atoms. The number of nitrogens with zero attached hydrogens (tertiary/aromatic N) is 1. The van der Waals surface area contributed by atoms with E-state index < -0.39 is 0 Å². The second-order valence-corrected chi connectivity index (χ2v) is 6.81. The molecule has 1 atom stereocenters. The van der Waals surface area contributed by atoms with Gasteiger partial charge in [-0.15, -0.1) is 0 Å². The van der Waals surface area contributed by atoms with E-state index in [0.717, 1.165) is 39.2 Å². The van der Waals surface area contributed by atoms with Crippen LogP contribution in [-0.4, -0.2) is 35.5 Å². The summed E-state index contributed by atoms with van der Waals surface area (Å²) in [6.07, 6.45) is 0. The molecule has 0 radical (unpaired) electrons. The van der Waals surface area contributed by atoms with Crippen LogP contribution in [0.2, 0.25) is 0 Å². The van der Waals surface area contributed by atoms with E-state index in [4.69, 9.17) is 9.47 Å². The molecule has 0 spiro atoms. The summed E-state index contributed by atoms with van der Waals surface area (Å²) in [7, 11) is 1.97. The number of ketones is 1. The van der Waals surface area contributed by atoms with Crippen LogP contribution in [0.4, 0.5) is 0 Å². The second-order valence-electron chi connectivity index (χ2n) is 6.81. The molecule has 5 heteroatoms. The SMILES string of the molecule is Cc1[nH]c2ccccc2c1C(=O)[C@@H](C)N(C)Cc1ccc2c(c1)OCO2. The van der Waals surface area contributed by atoms with Gasteiger partial charge >= 0.3 is 0 Å². The summed E-state index contributed by atoms with van der Waals surface area (Å²) < 4.78 is 10.8. The van der Waals surface area contributed by atoms with Gasteiger partial charge in [-0.3, -0.25) is 9.69 Å². The fourth-order valence-electron chi connectivity index (χ4n) is 3.47. The van der Waals surface area contributed by atoms with Crippen LogP contribution in [0.25, 0.3) is 10.9 Å². The number of hydrogen-bond acceptors (Lipinski definition) is 4. The van der Waals surface area contributed by atoms with Crippen LogP contribution in [0.1, 0.15) is 28.5 Å². The van der Waals surface area contributed by atoms with Crippen molar-refractivity contribution >= 4 is 16.7 Å². The van der Waals surface area contributed by atoms with E-state index in [1.165, 1.54) is 0 Å². The molecule has 1 aliphatic rings. The van der Waals surface area contributed by atoms with E-state index >= 15 is 0 Å². The van der Waals surface area contributed by atoms with E-state index in [1.807, 2.05) is 63.4 Å². The van der Waals surface area contributed by atoms with Crippen LogP contribution >= 0.6 is 0 Å². The number of Topliss-reactive ketones (excluding diaryl/α,β-unsaturated/α-hetero) is 1. The van der Waals surface area contributed by atoms with Crippen molar-refractivity contribution in [1.82, 2.24) is 9.88 Å². The van der Waals surface area contributed by atoms with Crippen LogP contribution in [0.5, 0.6) is 11.5 Å². The summed E-state index contributed by atoms with van der Waals surface area (Å²) in [6, 6.07) is 13.6. The number of rotatable bonds is 5. The number of benzene rings is 2. The number of carbonyl (C=O) groups is 1. The smallest absolute Gasteiger partial charge is 0.231 e. The van der Waals surface area contributed by atoms with Crippen molar-refractivity contribution in [2.45, 2.75) is 26.4 Å². The van der Waals surface area contributed by atoms with Gasteiger partial charge in [0.1, 0.15) is 0 Å². The lowest BCUT2D eigenvalue weighted by molar-refractivity contribution is 0.0863. The number of carbonyl (C=O) groups excluding carboxylic acids is 1. The van der Waals surface area contributed by atoms with E-state index in [1.54, 1.807) is 0 Å². The van der Waals surface area contributed by atoms with Gasteiger partial charge in [-0.05, 0) is 44.7 Å². The fourth-order valence-corrected chi connectivity index (χ4v) is 3.47. The third-order valence-corrected chi connectivity index (χ3v) is 5.05. The van der Waals surface area contributed by atoms with E-state index in [-0.39, 0.29) is 18.6 Å². The molecule has 0 saturated carbocycles. The molecule has 1 aliphatic heterocycles. The number of hydrogen-bond donors (Lipinski definition) is 1. The maximum atomic E-state index is 13.2. The van der Waals surface area contributed by atoms with E-state index in [2.05, 4.69) is 9.88 Å². The predicted molar refractivity (Wildman–Crippen MR) is 101 cm³/mol. The Kier molecular flexibility index (Phi) is 4.17. The van der Waals surface area contributed by atoms with Gasteiger partial charge < -0.3 is 14.5 Å². The molecule has 0 amide bonds. The van der Waals surface area contributed by atoms with E-state index in [9.17, 15) is 4.79 Å². The van der Waals surface area contributed by atoms with Gasteiger partial charge in [0, 0.05) is 28.7 Å². The molecule has 1 N–H and O–H groups in total. The number of aromatic nitrogens is 1. The number of likely N-dealkylation sites (N-methyl/N-ethyl adjacent to an activating group) is 1. The van der Waals surface area contributed by atoms with Crippen molar-refractivity contribution in [2.75, 3.05) is 13.8 Å². The Morgan fingerprint density at radius 1 is 1.19 bits per heavy atom. The van der Waals surface area contributed by atoms with Crippen molar-refractivity contribution in [3.05, 3.63) is 59.3 Å². The van der Waals surface area contributed by atoms with Gasteiger partial charge in [0.15, 0.2) is 17.3 Å². The first kappa shape index (κ1) is 16.7. The molecule has 2 heterocycles. The van der Waals surface area contributed by atoms with Gasteiger partial charge in [-0.2, -0.15) is 0 Å². The second kappa shape index (κ2) is 6.50. The monoisotopic (exact) mass is 350 g/mol. The first-order chi connectivity index (χ1) is 12.5. The zero-order valence-electron chi connectivity index (χ0n) is 15.2. The fraction of sp³-hybridized carbons (Fsp3) is 0.286. The standard InChI is InChI=1S/C21H22N2O3/c1-13-20(16-6-4-5-7-17(16)22-13)21(24)14(2)23(3)11-15-8-9-18-19(10-15)26-12-25-18/h4-10,14,22H,11-12H2,1-3H3/t14-/m1/s1. The lowest BCUT2D eigenvalue weighted by Gasteiger charge is -2.24. The van der Waals surface area contributed by atoms with Crippen LogP contribution in [-0.2, 0) is 6.54 Å². The molecule has 0 unspecified atom stereocenters. The summed E-state index contributed by atoms with van der Waals surface area (Å²) >= 11 is 0. The number of para-hydroxylation sites is 1. The Balaban J connectivity index is 1.55. The summed E-state index contributed by atoms with van der Waals surface area (Å²) in [5.74, 6) is 1.67. The number of aryl methyl sites for hydroxylation is 1. The molecule has 0 aliphatic carbocycles. The number of ether oxygens (including phenoxy) is 2. The minimum atomic E-state index is -0.238. The maximum Gasteiger partial charge on any atom is 0.231 e. The van der Waals surface area contributed by atoms with Crippen LogP contribution < -0.4 is 9.47 Å². The van der Waals surface area contributed by atoms with Gasteiger partial charge in [0.25, 0.3) is 0 Å². The first-order valence-corrected chi connectivity index (χ1v) is 8.75. The van der Waals surface area contributed by atoms with Crippen molar-refractivity contribution in [1.29, 1.82) is 0 Å². The summed E-state index contributed by atoms with van der Waals surface area (Å²) in [5.41, 5.74) is 3.79. The molecule has 0 saturated heterocycles. The summed E-state index contributed by atoms with van der Waals surface area (Å²) in [4.78, 5) is 18.5. The van der Waals surface area contributed by atoms with Crippen LogP contribution in [0, 0.1) is 6.92 Å².